The summed E-state index contributed by atoms with van der Waals surface area (Å²) in [6.07, 6.45) is 2.89. The fraction of sp³-hybridized carbons (Fsp3) is 0.167. The van der Waals surface area contributed by atoms with Crippen LogP contribution < -0.4 is 14.8 Å². The molecule has 2 rings (SSSR count). The third-order valence-electron chi connectivity index (χ3n) is 3.16. The molecule has 0 fully saturated rings. The molecule has 8 heteroatoms. The van der Waals surface area contributed by atoms with Gasteiger partial charge in [0.05, 0.1) is 19.9 Å². The van der Waals surface area contributed by atoms with E-state index >= 15 is 0 Å². The third-order valence-corrected chi connectivity index (χ3v) is 4.06. The summed E-state index contributed by atoms with van der Waals surface area (Å²) >= 11 is 1.18. The normalized spacial score (nSPS) is 10.4. The van der Waals surface area contributed by atoms with Gasteiger partial charge in [-0.05, 0) is 35.2 Å². The molecule has 26 heavy (non-hydrogen) atoms. The number of carbonyl (C=O) groups is 3. The number of hydrogen-bond acceptors (Lipinski definition) is 7. The number of nitrogens with one attached hydrogen (secondary N) is 1. The summed E-state index contributed by atoms with van der Waals surface area (Å²) in [5.41, 5.74) is 1.06. The maximum atomic E-state index is 12.1. The van der Waals surface area contributed by atoms with E-state index in [2.05, 4.69) is 10.1 Å². The van der Waals surface area contributed by atoms with Crippen molar-refractivity contribution in [2.75, 3.05) is 19.5 Å². The molecule has 0 spiro atoms. The lowest BCUT2D eigenvalue weighted by Gasteiger charge is -2.08. The quantitative estimate of drug-likeness (QED) is 0.474. The van der Waals surface area contributed by atoms with Crippen LogP contribution in [0.15, 0.2) is 35.7 Å². The predicted molar refractivity (Wildman–Crippen MR) is 97.6 cm³/mol. The Balaban J connectivity index is 2.09. The minimum Gasteiger partial charge on any atom is -0.493 e. The molecule has 0 radical (unpaired) electrons. The first-order valence-corrected chi connectivity index (χ1v) is 8.34. The average Bonchev–Trinajstić information content (AvgIpc) is 3.07. The topological polar surface area (TPSA) is 90.9 Å². The van der Waals surface area contributed by atoms with Crippen molar-refractivity contribution in [3.05, 3.63) is 46.2 Å². The Hall–Kier alpha value is -3.13. The van der Waals surface area contributed by atoms with Crippen LogP contribution in [-0.2, 0) is 14.3 Å². The molecule has 1 amide bonds. The Labute approximate surface area is 154 Å². The highest BCUT2D eigenvalue weighted by Gasteiger charge is 2.14. The van der Waals surface area contributed by atoms with E-state index in [1.807, 2.05) is 0 Å². The summed E-state index contributed by atoms with van der Waals surface area (Å²) in [4.78, 5) is 35.0. The molecular weight excluding hydrogens is 358 g/mol. The van der Waals surface area contributed by atoms with E-state index in [-0.39, 0.29) is 0 Å². The first kappa shape index (κ1) is 19.2. The molecule has 1 N–H and O–H groups in total. The van der Waals surface area contributed by atoms with Crippen molar-refractivity contribution in [1.82, 2.24) is 0 Å². The molecule has 1 heterocycles. The number of methoxy groups -OCH3 is 2. The SMILES string of the molecule is COC(=O)c1sccc1NC(=O)C=Cc1ccc(OC(C)=O)c(OC)c1. The first-order chi connectivity index (χ1) is 12.4. The zero-order valence-corrected chi connectivity index (χ0v) is 15.2. The predicted octanol–water partition coefficient (Wildman–Crippen LogP) is 3.12. The number of esters is 2. The maximum absolute atomic E-state index is 12.1. The van der Waals surface area contributed by atoms with Gasteiger partial charge in [-0.3, -0.25) is 9.59 Å². The Morgan fingerprint density at radius 2 is 1.88 bits per heavy atom. The van der Waals surface area contributed by atoms with Gasteiger partial charge in [0.1, 0.15) is 4.88 Å². The van der Waals surface area contributed by atoms with Crippen LogP contribution in [0, 0.1) is 0 Å². The van der Waals surface area contributed by atoms with Crippen molar-refractivity contribution in [3.63, 3.8) is 0 Å². The lowest BCUT2D eigenvalue weighted by Crippen LogP contribution is -2.10. The largest absolute Gasteiger partial charge is 0.493 e. The fourth-order valence-corrected chi connectivity index (χ4v) is 2.80. The summed E-state index contributed by atoms with van der Waals surface area (Å²) in [7, 11) is 2.73. The van der Waals surface area contributed by atoms with Crippen LogP contribution in [0.4, 0.5) is 5.69 Å². The van der Waals surface area contributed by atoms with E-state index in [0.717, 1.165) is 0 Å². The fourth-order valence-electron chi connectivity index (χ4n) is 2.03. The van der Waals surface area contributed by atoms with Crippen molar-refractivity contribution in [3.8, 4) is 11.5 Å². The van der Waals surface area contributed by atoms with Crippen LogP contribution in [0.3, 0.4) is 0 Å². The maximum Gasteiger partial charge on any atom is 0.350 e. The summed E-state index contributed by atoms with van der Waals surface area (Å²) in [5.74, 6) is -0.707. The summed E-state index contributed by atoms with van der Waals surface area (Å²) in [6.45, 7) is 1.30. The Morgan fingerprint density at radius 1 is 1.12 bits per heavy atom. The van der Waals surface area contributed by atoms with Gasteiger partial charge < -0.3 is 19.5 Å². The number of hydrogen-bond donors (Lipinski definition) is 1. The highest BCUT2D eigenvalue weighted by molar-refractivity contribution is 7.12. The summed E-state index contributed by atoms with van der Waals surface area (Å²) in [5, 5.41) is 4.31. The van der Waals surface area contributed by atoms with Crippen LogP contribution in [0.1, 0.15) is 22.2 Å². The van der Waals surface area contributed by atoms with Crippen LogP contribution in [0.25, 0.3) is 6.08 Å². The zero-order valence-electron chi connectivity index (χ0n) is 14.4. The van der Waals surface area contributed by atoms with Gasteiger partial charge in [0, 0.05) is 13.0 Å². The minimum atomic E-state index is -0.509. The molecule has 0 atom stereocenters. The van der Waals surface area contributed by atoms with Crippen molar-refractivity contribution in [2.45, 2.75) is 6.92 Å². The van der Waals surface area contributed by atoms with E-state index < -0.39 is 17.8 Å². The molecule has 0 saturated carbocycles. The number of anilines is 1. The smallest absolute Gasteiger partial charge is 0.350 e. The van der Waals surface area contributed by atoms with Gasteiger partial charge in [-0.1, -0.05) is 6.07 Å². The molecule has 0 aliphatic heterocycles. The standard InChI is InChI=1S/C18H17NO6S/c1-11(20)25-14-6-4-12(10-15(14)23-2)5-7-16(21)19-13-8-9-26-17(13)18(22)24-3/h4-10H,1-3H3,(H,19,21). The molecule has 0 aliphatic rings. The lowest BCUT2D eigenvalue weighted by atomic mass is 10.2. The molecular formula is C18H17NO6S. The second-order valence-corrected chi connectivity index (χ2v) is 5.90. The van der Waals surface area contributed by atoms with Gasteiger partial charge >= 0.3 is 11.9 Å². The second kappa shape index (κ2) is 8.82. The monoisotopic (exact) mass is 375 g/mol. The summed E-state index contributed by atoms with van der Waals surface area (Å²) in [6, 6.07) is 6.51. The minimum absolute atomic E-state index is 0.294. The molecule has 1 aromatic heterocycles. The number of ether oxygens (including phenoxy) is 3. The van der Waals surface area contributed by atoms with Crippen molar-refractivity contribution >= 4 is 40.9 Å². The van der Waals surface area contributed by atoms with Crippen LogP contribution >= 0.6 is 11.3 Å². The van der Waals surface area contributed by atoms with Crippen LogP contribution in [0.5, 0.6) is 11.5 Å². The number of thiophene rings is 1. The lowest BCUT2D eigenvalue weighted by molar-refractivity contribution is -0.132. The number of rotatable bonds is 6. The Morgan fingerprint density at radius 3 is 2.54 bits per heavy atom. The second-order valence-electron chi connectivity index (χ2n) is 4.98. The van der Waals surface area contributed by atoms with E-state index in [4.69, 9.17) is 9.47 Å². The highest BCUT2D eigenvalue weighted by Crippen LogP contribution is 2.29. The van der Waals surface area contributed by atoms with Crippen LogP contribution in [0.2, 0.25) is 0 Å². The van der Waals surface area contributed by atoms with E-state index in [1.54, 1.807) is 35.7 Å². The van der Waals surface area contributed by atoms with Gasteiger partial charge in [-0.15, -0.1) is 11.3 Å². The van der Waals surface area contributed by atoms with Crippen molar-refractivity contribution in [1.29, 1.82) is 0 Å². The molecule has 2 aromatic rings. The first-order valence-electron chi connectivity index (χ1n) is 7.46. The number of benzene rings is 1. The summed E-state index contributed by atoms with van der Waals surface area (Å²) < 4.78 is 14.9. The van der Waals surface area contributed by atoms with Crippen molar-refractivity contribution < 1.29 is 28.6 Å². The number of amides is 1. The van der Waals surface area contributed by atoms with Gasteiger partial charge in [0.15, 0.2) is 11.5 Å². The average molecular weight is 375 g/mol. The zero-order chi connectivity index (χ0) is 19.1. The molecule has 7 nitrogen and oxygen atoms in total. The highest BCUT2D eigenvalue weighted by atomic mass is 32.1. The molecule has 1 aromatic carbocycles. The molecule has 0 bridgehead atoms. The van der Waals surface area contributed by atoms with E-state index in [0.29, 0.717) is 27.6 Å². The van der Waals surface area contributed by atoms with Crippen molar-refractivity contribution in [2.24, 2.45) is 0 Å². The molecule has 0 unspecified atom stereocenters. The van der Waals surface area contributed by atoms with Crippen LogP contribution in [-0.4, -0.2) is 32.1 Å². The molecule has 0 aliphatic carbocycles. The number of carbonyl (C=O) groups excluding carboxylic acids is 3. The van der Waals surface area contributed by atoms with Gasteiger partial charge in [-0.2, -0.15) is 0 Å². The van der Waals surface area contributed by atoms with Gasteiger partial charge in [-0.25, -0.2) is 4.79 Å². The molecule has 136 valence electrons. The Kier molecular flexibility index (Phi) is 6.51. The van der Waals surface area contributed by atoms with E-state index in [9.17, 15) is 14.4 Å². The molecule has 0 saturated heterocycles. The Bertz CT molecular complexity index is 855. The third kappa shape index (κ3) is 4.93. The van der Waals surface area contributed by atoms with Gasteiger partial charge in [0.2, 0.25) is 5.91 Å². The van der Waals surface area contributed by atoms with Gasteiger partial charge in [0.25, 0.3) is 0 Å². The van der Waals surface area contributed by atoms with E-state index in [1.165, 1.54) is 38.6 Å².